The van der Waals surface area contributed by atoms with Crippen molar-refractivity contribution in [2.45, 2.75) is 50.7 Å². The van der Waals surface area contributed by atoms with Gasteiger partial charge in [0.05, 0.1) is 6.20 Å². The van der Waals surface area contributed by atoms with Crippen molar-refractivity contribution in [1.29, 1.82) is 0 Å². The first-order valence-electron chi connectivity index (χ1n) is 9.54. The van der Waals surface area contributed by atoms with E-state index < -0.39 is 0 Å². The molecule has 0 N–H and O–H groups in total. The third kappa shape index (κ3) is 3.51. The average Bonchev–Trinajstić information content (AvgIpc) is 3.10. The summed E-state index contributed by atoms with van der Waals surface area (Å²) in [5.74, 6) is 0.308. The zero-order valence-corrected chi connectivity index (χ0v) is 15.5. The van der Waals surface area contributed by atoms with Gasteiger partial charge in [-0.25, -0.2) is 0 Å². The maximum absolute atomic E-state index is 12.6. The van der Waals surface area contributed by atoms with Gasteiger partial charge in [-0.2, -0.15) is 5.10 Å². The molecule has 0 unspecified atom stereocenters. The fourth-order valence-electron chi connectivity index (χ4n) is 4.53. The smallest absolute Gasteiger partial charge is 0.223 e. The van der Waals surface area contributed by atoms with Gasteiger partial charge in [-0.05, 0) is 49.9 Å². The molecule has 4 heterocycles. The summed E-state index contributed by atoms with van der Waals surface area (Å²) in [4.78, 5) is 21.4. The van der Waals surface area contributed by atoms with Crippen LogP contribution >= 0.6 is 0 Å². The predicted molar refractivity (Wildman–Crippen MR) is 99.1 cm³/mol. The van der Waals surface area contributed by atoms with Gasteiger partial charge in [-0.3, -0.25) is 19.4 Å². The van der Waals surface area contributed by atoms with Crippen molar-refractivity contribution < 1.29 is 4.79 Å². The van der Waals surface area contributed by atoms with Gasteiger partial charge in [0.2, 0.25) is 5.91 Å². The molecule has 1 amide bonds. The van der Waals surface area contributed by atoms with E-state index in [1.165, 1.54) is 11.1 Å². The van der Waals surface area contributed by atoms with E-state index in [1.807, 2.05) is 42.5 Å². The van der Waals surface area contributed by atoms with E-state index in [9.17, 15) is 4.79 Å². The fraction of sp³-hybridized carbons (Fsp3) is 0.550. The van der Waals surface area contributed by atoms with E-state index in [0.717, 1.165) is 45.3 Å². The monoisotopic (exact) mass is 353 g/mol. The number of carbonyl (C=O) groups is 1. The topological polar surface area (TPSA) is 54.3 Å². The van der Waals surface area contributed by atoms with E-state index in [1.54, 1.807) is 0 Å². The van der Waals surface area contributed by atoms with Crippen LogP contribution in [-0.2, 0) is 24.9 Å². The number of likely N-dealkylation sites (tertiary alicyclic amines) is 2. The van der Waals surface area contributed by atoms with Crippen LogP contribution in [0, 0.1) is 0 Å². The highest BCUT2D eigenvalue weighted by molar-refractivity contribution is 5.79. The van der Waals surface area contributed by atoms with Gasteiger partial charge in [0.15, 0.2) is 0 Å². The highest BCUT2D eigenvalue weighted by Crippen LogP contribution is 2.40. The molecule has 6 heteroatoms. The Labute approximate surface area is 154 Å². The SMILES string of the molecule is Cn1cc(CN2CCC[C@@]3(CCC(=O)N3Cc3ccncc3)CC2)cn1. The molecule has 2 aromatic heterocycles. The molecule has 2 aromatic rings. The van der Waals surface area contributed by atoms with E-state index in [2.05, 4.69) is 26.1 Å². The van der Waals surface area contributed by atoms with Crippen LogP contribution in [0.1, 0.15) is 43.2 Å². The molecule has 138 valence electrons. The normalized spacial score (nSPS) is 24.3. The van der Waals surface area contributed by atoms with Crippen LogP contribution < -0.4 is 0 Å². The van der Waals surface area contributed by atoms with Crippen molar-refractivity contribution in [2.75, 3.05) is 13.1 Å². The van der Waals surface area contributed by atoms with Crippen molar-refractivity contribution in [1.82, 2.24) is 24.6 Å². The lowest BCUT2D eigenvalue weighted by Crippen LogP contribution is -2.45. The number of amides is 1. The Hall–Kier alpha value is -2.21. The van der Waals surface area contributed by atoms with Crippen LogP contribution in [-0.4, -0.2) is 49.1 Å². The molecule has 6 nitrogen and oxygen atoms in total. The number of pyridine rings is 1. The van der Waals surface area contributed by atoms with Crippen LogP contribution in [0.4, 0.5) is 0 Å². The third-order valence-corrected chi connectivity index (χ3v) is 5.94. The predicted octanol–water partition coefficient (Wildman–Crippen LogP) is 2.36. The Bertz CT molecular complexity index is 759. The largest absolute Gasteiger partial charge is 0.333 e. The zero-order valence-electron chi connectivity index (χ0n) is 15.5. The maximum atomic E-state index is 12.6. The maximum Gasteiger partial charge on any atom is 0.223 e. The summed E-state index contributed by atoms with van der Waals surface area (Å²) < 4.78 is 1.86. The first-order valence-corrected chi connectivity index (χ1v) is 9.54. The molecular weight excluding hydrogens is 326 g/mol. The van der Waals surface area contributed by atoms with Gasteiger partial charge >= 0.3 is 0 Å². The molecular formula is C20H27N5O. The number of carbonyl (C=O) groups excluding carboxylic acids is 1. The summed E-state index contributed by atoms with van der Waals surface area (Å²) in [6.07, 6.45) is 12.7. The summed E-state index contributed by atoms with van der Waals surface area (Å²) in [5, 5.41) is 4.28. The molecule has 0 bridgehead atoms. The number of nitrogens with zero attached hydrogens (tertiary/aromatic N) is 5. The second kappa shape index (κ2) is 7.19. The van der Waals surface area contributed by atoms with Gasteiger partial charge in [0, 0.05) is 62.8 Å². The molecule has 2 aliphatic rings. The quantitative estimate of drug-likeness (QED) is 0.847. The molecule has 4 rings (SSSR count). The summed E-state index contributed by atoms with van der Waals surface area (Å²) in [6, 6.07) is 4.04. The second-order valence-corrected chi connectivity index (χ2v) is 7.71. The third-order valence-electron chi connectivity index (χ3n) is 5.94. The van der Waals surface area contributed by atoms with Crippen LogP contribution in [0.2, 0.25) is 0 Å². The highest BCUT2D eigenvalue weighted by atomic mass is 16.2. The summed E-state index contributed by atoms with van der Waals surface area (Å²) in [6.45, 7) is 3.79. The van der Waals surface area contributed by atoms with E-state index in [4.69, 9.17) is 0 Å². The zero-order chi connectivity index (χ0) is 18.0. The summed E-state index contributed by atoms with van der Waals surface area (Å²) in [5.41, 5.74) is 2.47. The standard InChI is InChI=1S/C20H27N5O/c1-23-14-18(13-22-23)15-24-11-2-6-20(8-12-24)7-3-19(26)25(20)16-17-4-9-21-10-5-17/h4-5,9-10,13-14H,2-3,6-8,11-12,15-16H2,1H3/t20-/m1/s1. The fourth-order valence-corrected chi connectivity index (χ4v) is 4.53. The number of hydrogen-bond donors (Lipinski definition) is 0. The Balaban J connectivity index is 1.46. The highest BCUT2D eigenvalue weighted by Gasteiger charge is 2.45. The molecule has 2 aliphatic heterocycles. The van der Waals surface area contributed by atoms with Crippen LogP contribution in [0.5, 0.6) is 0 Å². The van der Waals surface area contributed by atoms with Gasteiger partial charge < -0.3 is 4.90 Å². The van der Waals surface area contributed by atoms with Gasteiger partial charge in [-0.15, -0.1) is 0 Å². The Morgan fingerprint density at radius 3 is 2.69 bits per heavy atom. The van der Waals surface area contributed by atoms with Gasteiger partial charge in [0.25, 0.3) is 0 Å². The molecule has 0 radical (unpaired) electrons. The van der Waals surface area contributed by atoms with Crippen LogP contribution in [0.3, 0.4) is 0 Å². The van der Waals surface area contributed by atoms with Crippen LogP contribution in [0.25, 0.3) is 0 Å². The summed E-state index contributed by atoms with van der Waals surface area (Å²) in [7, 11) is 1.96. The molecule has 0 aromatic carbocycles. The molecule has 2 fully saturated rings. The van der Waals surface area contributed by atoms with Crippen molar-refractivity contribution in [3.8, 4) is 0 Å². The first kappa shape index (κ1) is 17.2. The van der Waals surface area contributed by atoms with Crippen molar-refractivity contribution in [2.24, 2.45) is 7.05 Å². The van der Waals surface area contributed by atoms with E-state index in [0.29, 0.717) is 18.9 Å². The Morgan fingerprint density at radius 1 is 1.08 bits per heavy atom. The molecule has 1 spiro atoms. The van der Waals surface area contributed by atoms with Gasteiger partial charge in [-0.1, -0.05) is 0 Å². The lowest BCUT2D eigenvalue weighted by atomic mass is 9.87. The minimum absolute atomic E-state index is 0.0318. The number of aromatic nitrogens is 3. The molecule has 1 atom stereocenters. The average molecular weight is 353 g/mol. The number of rotatable bonds is 4. The van der Waals surface area contributed by atoms with Gasteiger partial charge in [0.1, 0.15) is 0 Å². The van der Waals surface area contributed by atoms with E-state index >= 15 is 0 Å². The molecule has 0 saturated carbocycles. The number of aryl methyl sites for hydroxylation is 1. The van der Waals surface area contributed by atoms with Crippen LogP contribution in [0.15, 0.2) is 36.9 Å². The molecule has 2 saturated heterocycles. The number of hydrogen-bond acceptors (Lipinski definition) is 4. The Kier molecular flexibility index (Phi) is 4.76. The minimum Gasteiger partial charge on any atom is -0.333 e. The lowest BCUT2D eigenvalue weighted by Gasteiger charge is -2.38. The molecule has 26 heavy (non-hydrogen) atoms. The first-order chi connectivity index (χ1) is 12.6. The summed E-state index contributed by atoms with van der Waals surface area (Å²) >= 11 is 0. The van der Waals surface area contributed by atoms with Crippen molar-refractivity contribution >= 4 is 5.91 Å². The second-order valence-electron chi connectivity index (χ2n) is 7.71. The molecule has 0 aliphatic carbocycles. The van der Waals surface area contributed by atoms with Crippen molar-refractivity contribution in [3.05, 3.63) is 48.0 Å². The Morgan fingerprint density at radius 2 is 1.92 bits per heavy atom. The van der Waals surface area contributed by atoms with Crippen molar-refractivity contribution in [3.63, 3.8) is 0 Å². The van der Waals surface area contributed by atoms with E-state index in [-0.39, 0.29) is 5.54 Å². The minimum atomic E-state index is 0.0318. The lowest BCUT2D eigenvalue weighted by molar-refractivity contribution is -0.132.